The molecule has 2 amide bonds. The fourth-order valence-corrected chi connectivity index (χ4v) is 5.10. The number of amides is 2. The van der Waals surface area contributed by atoms with Crippen molar-refractivity contribution in [2.45, 2.75) is 18.3 Å². The lowest BCUT2D eigenvalue weighted by molar-refractivity contribution is -0.122. The number of piperidine rings is 1. The largest absolute Gasteiger partial charge is 0.351 e. The summed E-state index contributed by atoms with van der Waals surface area (Å²) in [7, 11) is 0. The molecule has 5 rings (SSSR count). The Balaban J connectivity index is 1.39. The molecule has 28 heavy (non-hydrogen) atoms. The summed E-state index contributed by atoms with van der Waals surface area (Å²) < 4.78 is 1.94. The number of benzene rings is 2. The van der Waals surface area contributed by atoms with E-state index in [1.54, 1.807) is 0 Å². The van der Waals surface area contributed by atoms with Gasteiger partial charge in [0.05, 0.1) is 5.41 Å². The van der Waals surface area contributed by atoms with Gasteiger partial charge in [-0.3, -0.25) is 9.59 Å². The Bertz CT molecular complexity index is 1130. The number of aromatic amines is 1. The van der Waals surface area contributed by atoms with Crippen LogP contribution < -0.4 is 5.32 Å². The van der Waals surface area contributed by atoms with E-state index in [0.717, 1.165) is 31.1 Å². The predicted octanol–water partition coefficient (Wildman–Crippen LogP) is 4.82. The molecule has 0 saturated carbocycles. The standard InChI is InChI=1S/C21H17Br2N3O2/c22-13-1-3-16-12(9-13)10-18(24-16)19(27)26-7-5-21(6-8-26)15-11-14(23)2-4-17(15)25-20(21)28/h1-4,9-11,24H,5-8H2,(H,25,28). The first-order chi connectivity index (χ1) is 13.5. The van der Waals surface area contributed by atoms with Gasteiger partial charge < -0.3 is 15.2 Å². The van der Waals surface area contributed by atoms with Crippen LogP contribution in [0, 0.1) is 0 Å². The average molecular weight is 503 g/mol. The molecule has 1 saturated heterocycles. The quantitative estimate of drug-likeness (QED) is 0.501. The van der Waals surface area contributed by atoms with E-state index in [4.69, 9.17) is 0 Å². The van der Waals surface area contributed by atoms with Gasteiger partial charge in [-0.15, -0.1) is 0 Å². The molecule has 2 N–H and O–H groups in total. The highest BCUT2D eigenvalue weighted by molar-refractivity contribution is 9.10. The van der Waals surface area contributed by atoms with Gasteiger partial charge in [-0.25, -0.2) is 0 Å². The van der Waals surface area contributed by atoms with Gasteiger partial charge in [0.25, 0.3) is 5.91 Å². The van der Waals surface area contributed by atoms with E-state index in [9.17, 15) is 9.59 Å². The minimum Gasteiger partial charge on any atom is -0.351 e. The van der Waals surface area contributed by atoms with Gasteiger partial charge >= 0.3 is 0 Å². The Morgan fingerprint density at radius 2 is 1.71 bits per heavy atom. The maximum absolute atomic E-state index is 13.0. The van der Waals surface area contributed by atoms with Gasteiger partial charge in [0, 0.05) is 38.6 Å². The summed E-state index contributed by atoms with van der Waals surface area (Å²) in [4.78, 5) is 30.8. The van der Waals surface area contributed by atoms with Crippen molar-refractivity contribution in [2.24, 2.45) is 0 Å². The third kappa shape index (κ3) is 2.71. The number of carbonyl (C=O) groups is 2. The maximum atomic E-state index is 13.0. The number of fused-ring (bicyclic) bond motifs is 3. The number of nitrogens with one attached hydrogen (secondary N) is 2. The SMILES string of the molecule is O=C(c1cc2cc(Br)ccc2[nH]1)N1CCC2(CC1)C(=O)Nc1ccc(Br)cc12. The van der Waals surface area contributed by atoms with Crippen LogP contribution in [0.5, 0.6) is 0 Å². The highest BCUT2D eigenvalue weighted by Gasteiger charge is 2.49. The minimum absolute atomic E-state index is 0.0185. The third-order valence-electron chi connectivity index (χ3n) is 5.90. The first-order valence-electron chi connectivity index (χ1n) is 9.15. The number of anilines is 1. The van der Waals surface area contributed by atoms with Crippen LogP contribution in [0.2, 0.25) is 0 Å². The van der Waals surface area contributed by atoms with Crippen molar-refractivity contribution in [3.63, 3.8) is 0 Å². The molecular weight excluding hydrogens is 486 g/mol. The number of hydrogen-bond acceptors (Lipinski definition) is 2. The first-order valence-corrected chi connectivity index (χ1v) is 10.7. The van der Waals surface area contributed by atoms with Crippen LogP contribution in [-0.4, -0.2) is 34.8 Å². The van der Waals surface area contributed by atoms with Gasteiger partial charge in [0.2, 0.25) is 5.91 Å². The number of nitrogens with zero attached hydrogens (tertiary/aromatic N) is 1. The highest BCUT2D eigenvalue weighted by atomic mass is 79.9. The van der Waals surface area contributed by atoms with Crippen LogP contribution in [0.1, 0.15) is 28.9 Å². The lowest BCUT2D eigenvalue weighted by Gasteiger charge is -2.37. The Hall–Kier alpha value is -2.12. The van der Waals surface area contributed by atoms with Crippen LogP contribution in [0.15, 0.2) is 51.4 Å². The van der Waals surface area contributed by atoms with Crippen LogP contribution >= 0.6 is 31.9 Å². The lowest BCUT2D eigenvalue weighted by Crippen LogP contribution is -2.48. The molecule has 2 aliphatic heterocycles. The maximum Gasteiger partial charge on any atom is 0.270 e. The number of halogens is 2. The van der Waals surface area contributed by atoms with Crippen molar-refractivity contribution >= 4 is 60.3 Å². The zero-order valence-corrected chi connectivity index (χ0v) is 18.1. The molecular formula is C21H17Br2N3O2. The Morgan fingerprint density at radius 3 is 2.50 bits per heavy atom. The number of rotatable bonds is 1. The second-order valence-electron chi connectivity index (χ2n) is 7.43. The molecule has 2 aliphatic rings. The number of aromatic nitrogens is 1. The molecule has 3 aromatic rings. The fraction of sp³-hybridized carbons (Fsp3) is 0.238. The van der Waals surface area contributed by atoms with Crippen molar-refractivity contribution in [1.82, 2.24) is 9.88 Å². The first kappa shape index (κ1) is 17.9. The molecule has 7 heteroatoms. The number of H-pyrrole nitrogens is 1. The second-order valence-corrected chi connectivity index (χ2v) is 9.26. The zero-order valence-electron chi connectivity index (χ0n) is 14.9. The van der Waals surface area contributed by atoms with E-state index < -0.39 is 5.41 Å². The van der Waals surface area contributed by atoms with Crippen molar-refractivity contribution in [3.8, 4) is 0 Å². The number of carbonyl (C=O) groups excluding carboxylic acids is 2. The molecule has 5 nitrogen and oxygen atoms in total. The van der Waals surface area contributed by atoms with Crippen molar-refractivity contribution in [3.05, 3.63) is 62.7 Å². The second kappa shape index (κ2) is 6.46. The molecule has 0 unspecified atom stereocenters. The number of likely N-dealkylation sites (tertiary alicyclic amines) is 1. The summed E-state index contributed by atoms with van der Waals surface area (Å²) in [6.45, 7) is 1.11. The fourth-order valence-electron chi connectivity index (χ4n) is 4.36. The predicted molar refractivity (Wildman–Crippen MR) is 116 cm³/mol. The molecule has 1 fully saturated rings. The van der Waals surface area contributed by atoms with Crippen molar-refractivity contribution in [2.75, 3.05) is 18.4 Å². The van der Waals surface area contributed by atoms with Crippen LogP contribution in [0.3, 0.4) is 0 Å². The van der Waals surface area contributed by atoms with Crippen LogP contribution in [-0.2, 0) is 10.2 Å². The van der Waals surface area contributed by atoms with E-state index in [-0.39, 0.29) is 11.8 Å². The summed E-state index contributed by atoms with van der Waals surface area (Å²) in [6.07, 6.45) is 1.25. The van der Waals surface area contributed by atoms with Gasteiger partial charge in [0.15, 0.2) is 0 Å². The molecule has 142 valence electrons. The Labute approximate surface area is 178 Å². The molecule has 3 heterocycles. The van der Waals surface area contributed by atoms with Gasteiger partial charge in [-0.1, -0.05) is 31.9 Å². The highest BCUT2D eigenvalue weighted by Crippen LogP contribution is 2.46. The lowest BCUT2D eigenvalue weighted by atomic mass is 9.73. The summed E-state index contributed by atoms with van der Waals surface area (Å²) in [5, 5.41) is 4.01. The van der Waals surface area contributed by atoms with E-state index in [1.165, 1.54) is 0 Å². The molecule has 0 radical (unpaired) electrons. The number of hydrogen-bond donors (Lipinski definition) is 2. The smallest absolute Gasteiger partial charge is 0.270 e. The zero-order chi connectivity index (χ0) is 19.5. The average Bonchev–Trinajstić information content (AvgIpc) is 3.22. The molecule has 0 atom stereocenters. The van der Waals surface area contributed by atoms with E-state index in [1.807, 2.05) is 47.4 Å². The monoisotopic (exact) mass is 501 g/mol. The molecule has 0 aliphatic carbocycles. The normalized spacial score (nSPS) is 17.8. The van der Waals surface area contributed by atoms with Gasteiger partial charge in [-0.2, -0.15) is 0 Å². The van der Waals surface area contributed by atoms with E-state index in [2.05, 4.69) is 42.2 Å². The van der Waals surface area contributed by atoms with E-state index >= 15 is 0 Å². The summed E-state index contributed by atoms with van der Waals surface area (Å²) in [6, 6.07) is 13.7. The van der Waals surface area contributed by atoms with Crippen LogP contribution in [0.4, 0.5) is 5.69 Å². The minimum atomic E-state index is -0.540. The van der Waals surface area contributed by atoms with Gasteiger partial charge in [-0.05, 0) is 60.9 Å². The Morgan fingerprint density at radius 1 is 1.00 bits per heavy atom. The van der Waals surface area contributed by atoms with E-state index in [0.29, 0.717) is 31.6 Å². The van der Waals surface area contributed by atoms with Gasteiger partial charge in [0.1, 0.15) is 5.69 Å². The third-order valence-corrected chi connectivity index (χ3v) is 6.88. The topological polar surface area (TPSA) is 65.2 Å². The summed E-state index contributed by atoms with van der Waals surface area (Å²) >= 11 is 6.97. The summed E-state index contributed by atoms with van der Waals surface area (Å²) in [5.41, 5.74) is 2.90. The molecule has 2 aromatic carbocycles. The van der Waals surface area contributed by atoms with Crippen molar-refractivity contribution < 1.29 is 9.59 Å². The Kier molecular flexibility index (Phi) is 4.14. The molecule has 1 aromatic heterocycles. The van der Waals surface area contributed by atoms with Crippen LogP contribution in [0.25, 0.3) is 10.9 Å². The molecule has 1 spiro atoms. The van der Waals surface area contributed by atoms with Crippen molar-refractivity contribution in [1.29, 1.82) is 0 Å². The summed E-state index contributed by atoms with van der Waals surface area (Å²) in [5.74, 6) is 0.0261. The molecule has 0 bridgehead atoms.